The molecule has 0 aliphatic heterocycles. The molecule has 19 heavy (non-hydrogen) atoms. The molecule has 0 aliphatic carbocycles. The molecular weight excluding hydrogens is 244 g/mol. The number of esters is 1. The number of aromatic nitrogens is 1. The van der Waals surface area contributed by atoms with Gasteiger partial charge in [-0.3, -0.25) is 9.59 Å². The molecule has 0 unspecified atom stereocenters. The second-order valence-electron chi connectivity index (χ2n) is 4.14. The first-order valence-corrected chi connectivity index (χ1v) is 6.11. The lowest BCUT2D eigenvalue weighted by molar-refractivity contribution is -0.141. The molecule has 0 spiro atoms. The van der Waals surface area contributed by atoms with Crippen LogP contribution in [0.3, 0.4) is 0 Å². The van der Waals surface area contributed by atoms with Crippen molar-refractivity contribution in [2.45, 2.75) is 6.92 Å². The van der Waals surface area contributed by atoms with Gasteiger partial charge in [0.1, 0.15) is 12.2 Å². The Morgan fingerprint density at radius 3 is 2.74 bits per heavy atom. The number of nitrogens with one attached hydrogen (secondary N) is 1. The van der Waals surface area contributed by atoms with Crippen LogP contribution >= 0.6 is 0 Å². The fourth-order valence-corrected chi connectivity index (χ4v) is 1.96. The Morgan fingerprint density at radius 2 is 2.05 bits per heavy atom. The van der Waals surface area contributed by atoms with Gasteiger partial charge >= 0.3 is 5.97 Å². The van der Waals surface area contributed by atoms with E-state index in [1.807, 2.05) is 31.3 Å². The standard InChI is InChI=1S/C14H16N2O3/c1-3-19-13(17)9-15-14(18)12-8-10-6-4-5-7-11(10)16(12)2/h4-8H,3,9H2,1-2H3,(H,15,18). The van der Waals surface area contributed by atoms with Gasteiger partial charge < -0.3 is 14.6 Å². The summed E-state index contributed by atoms with van der Waals surface area (Å²) in [5, 5.41) is 3.54. The lowest BCUT2D eigenvalue weighted by atomic mass is 10.2. The molecule has 0 saturated carbocycles. The van der Waals surface area contributed by atoms with E-state index in [0.717, 1.165) is 10.9 Å². The zero-order valence-electron chi connectivity index (χ0n) is 11.0. The average Bonchev–Trinajstić information content (AvgIpc) is 2.74. The molecule has 5 nitrogen and oxygen atoms in total. The second-order valence-corrected chi connectivity index (χ2v) is 4.14. The number of benzene rings is 1. The highest BCUT2D eigenvalue weighted by Gasteiger charge is 2.14. The van der Waals surface area contributed by atoms with E-state index in [-0.39, 0.29) is 12.5 Å². The van der Waals surface area contributed by atoms with Crippen LogP contribution in [-0.2, 0) is 16.6 Å². The summed E-state index contributed by atoms with van der Waals surface area (Å²) in [4.78, 5) is 23.2. The van der Waals surface area contributed by atoms with Gasteiger partial charge in [-0.25, -0.2) is 0 Å². The monoisotopic (exact) mass is 260 g/mol. The van der Waals surface area contributed by atoms with Crippen molar-refractivity contribution in [1.29, 1.82) is 0 Å². The van der Waals surface area contributed by atoms with Crippen molar-refractivity contribution in [3.8, 4) is 0 Å². The number of aryl methyl sites for hydroxylation is 1. The van der Waals surface area contributed by atoms with Crippen molar-refractivity contribution in [3.63, 3.8) is 0 Å². The Balaban J connectivity index is 2.13. The molecule has 1 N–H and O–H groups in total. The number of carbonyl (C=O) groups is 2. The molecule has 2 aromatic rings. The molecule has 5 heteroatoms. The molecule has 0 saturated heterocycles. The number of hydrogen-bond acceptors (Lipinski definition) is 3. The highest BCUT2D eigenvalue weighted by molar-refractivity contribution is 5.99. The minimum atomic E-state index is -0.436. The normalized spacial score (nSPS) is 10.4. The van der Waals surface area contributed by atoms with Gasteiger partial charge in [-0.05, 0) is 19.1 Å². The van der Waals surface area contributed by atoms with Gasteiger partial charge in [0, 0.05) is 18.0 Å². The van der Waals surface area contributed by atoms with Crippen molar-refractivity contribution < 1.29 is 14.3 Å². The van der Waals surface area contributed by atoms with E-state index in [2.05, 4.69) is 5.32 Å². The maximum atomic E-state index is 12.0. The molecule has 100 valence electrons. The zero-order valence-corrected chi connectivity index (χ0v) is 11.0. The van der Waals surface area contributed by atoms with Crippen LogP contribution in [0.5, 0.6) is 0 Å². The predicted molar refractivity (Wildman–Crippen MR) is 71.9 cm³/mol. The van der Waals surface area contributed by atoms with Gasteiger partial charge in [-0.1, -0.05) is 18.2 Å². The van der Waals surface area contributed by atoms with Gasteiger partial charge in [0.25, 0.3) is 5.91 Å². The SMILES string of the molecule is CCOC(=O)CNC(=O)c1cc2ccccc2n1C. The topological polar surface area (TPSA) is 60.3 Å². The summed E-state index contributed by atoms with van der Waals surface area (Å²) in [5.74, 6) is -0.721. The van der Waals surface area contributed by atoms with Crippen LogP contribution in [0.1, 0.15) is 17.4 Å². The first-order valence-electron chi connectivity index (χ1n) is 6.11. The van der Waals surface area contributed by atoms with Crippen LogP contribution in [0.4, 0.5) is 0 Å². The van der Waals surface area contributed by atoms with Gasteiger partial charge in [0.2, 0.25) is 0 Å². The van der Waals surface area contributed by atoms with Crippen LogP contribution in [-0.4, -0.2) is 29.6 Å². The number of amides is 1. The van der Waals surface area contributed by atoms with Gasteiger partial charge in [-0.15, -0.1) is 0 Å². The van der Waals surface area contributed by atoms with Crippen molar-refractivity contribution in [2.24, 2.45) is 7.05 Å². The van der Waals surface area contributed by atoms with Gasteiger partial charge in [0.15, 0.2) is 0 Å². The van der Waals surface area contributed by atoms with E-state index >= 15 is 0 Å². The molecule has 0 bridgehead atoms. The summed E-state index contributed by atoms with van der Waals surface area (Å²) in [6, 6.07) is 9.52. The van der Waals surface area contributed by atoms with Crippen molar-refractivity contribution in [1.82, 2.24) is 9.88 Å². The number of carbonyl (C=O) groups excluding carboxylic acids is 2. The summed E-state index contributed by atoms with van der Waals surface area (Å²) in [7, 11) is 1.82. The third-order valence-electron chi connectivity index (χ3n) is 2.88. The van der Waals surface area contributed by atoms with E-state index in [0.29, 0.717) is 12.3 Å². The molecule has 1 aromatic carbocycles. The number of nitrogens with zero attached hydrogens (tertiary/aromatic N) is 1. The van der Waals surface area contributed by atoms with Crippen LogP contribution < -0.4 is 5.32 Å². The minimum Gasteiger partial charge on any atom is -0.465 e. The van der Waals surface area contributed by atoms with Gasteiger partial charge in [-0.2, -0.15) is 0 Å². The molecule has 1 heterocycles. The average molecular weight is 260 g/mol. The number of para-hydroxylation sites is 1. The molecular formula is C14H16N2O3. The summed E-state index contributed by atoms with van der Waals surface area (Å²) >= 11 is 0. The third kappa shape index (κ3) is 2.76. The fraction of sp³-hybridized carbons (Fsp3) is 0.286. The molecule has 0 atom stereocenters. The zero-order chi connectivity index (χ0) is 13.8. The fourth-order valence-electron chi connectivity index (χ4n) is 1.96. The minimum absolute atomic E-state index is 0.117. The summed E-state index contributed by atoms with van der Waals surface area (Å²) < 4.78 is 6.56. The van der Waals surface area contributed by atoms with Crippen LogP contribution in [0.15, 0.2) is 30.3 Å². The van der Waals surface area contributed by atoms with E-state index in [9.17, 15) is 9.59 Å². The van der Waals surface area contributed by atoms with Crippen molar-refractivity contribution in [3.05, 3.63) is 36.0 Å². The first-order chi connectivity index (χ1) is 9.13. The summed E-state index contributed by atoms with van der Waals surface area (Å²) in [6.07, 6.45) is 0. The molecule has 1 amide bonds. The summed E-state index contributed by atoms with van der Waals surface area (Å²) in [6.45, 7) is 1.92. The molecule has 0 fully saturated rings. The van der Waals surface area contributed by atoms with Crippen LogP contribution in [0, 0.1) is 0 Å². The highest BCUT2D eigenvalue weighted by atomic mass is 16.5. The third-order valence-corrected chi connectivity index (χ3v) is 2.88. The smallest absolute Gasteiger partial charge is 0.325 e. The first kappa shape index (κ1) is 13.1. The Labute approximate surface area is 111 Å². The van der Waals surface area contributed by atoms with E-state index in [1.54, 1.807) is 17.6 Å². The van der Waals surface area contributed by atoms with E-state index in [1.165, 1.54) is 0 Å². The predicted octanol–water partition coefficient (Wildman–Crippen LogP) is 1.47. The number of ether oxygens (including phenoxy) is 1. The molecule has 1 aromatic heterocycles. The van der Waals surface area contributed by atoms with E-state index < -0.39 is 5.97 Å². The number of fused-ring (bicyclic) bond motifs is 1. The lowest BCUT2D eigenvalue weighted by Crippen LogP contribution is -2.31. The van der Waals surface area contributed by atoms with Crippen LogP contribution in [0.2, 0.25) is 0 Å². The Bertz CT molecular complexity index is 616. The Morgan fingerprint density at radius 1 is 1.32 bits per heavy atom. The second kappa shape index (κ2) is 5.56. The largest absolute Gasteiger partial charge is 0.465 e. The maximum Gasteiger partial charge on any atom is 0.325 e. The maximum absolute atomic E-state index is 12.0. The van der Waals surface area contributed by atoms with E-state index in [4.69, 9.17) is 4.74 Å². The van der Waals surface area contributed by atoms with Crippen LogP contribution in [0.25, 0.3) is 10.9 Å². The summed E-state index contributed by atoms with van der Waals surface area (Å²) in [5.41, 5.74) is 1.49. The van der Waals surface area contributed by atoms with Crippen molar-refractivity contribution in [2.75, 3.05) is 13.2 Å². The van der Waals surface area contributed by atoms with Gasteiger partial charge in [0.05, 0.1) is 6.61 Å². The molecule has 2 rings (SSSR count). The number of hydrogen-bond donors (Lipinski definition) is 1. The Kier molecular flexibility index (Phi) is 3.85. The lowest BCUT2D eigenvalue weighted by Gasteiger charge is -2.06. The Hall–Kier alpha value is -2.30. The van der Waals surface area contributed by atoms with Crippen molar-refractivity contribution >= 4 is 22.8 Å². The molecule has 0 aliphatic rings. The quantitative estimate of drug-likeness (QED) is 0.847. The number of rotatable bonds is 4. The molecule has 0 radical (unpaired) electrons. The highest BCUT2D eigenvalue weighted by Crippen LogP contribution is 2.17.